The second-order valence-electron chi connectivity index (χ2n) is 6.47. The molecule has 3 N–H and O–H groups in total. The van der Waals surface area contributed by atoms with Crippen molar-refractivity contribution in [2.24, 2.45) is 0 Å². The van der Waals surface area contributed by atoms with Crippen LogP contribution in [0.25, 0.3) is 0 Å². The van der Waals surface area contributed by atoms with Crippen LogP contribution in [0.2, 0.25) is 0 Å². The van der Waals surface area contributed by atoms with Crippen LogP contribution in [0.4, 0.5) is 5.95 Å². The van der Waals surface area contributed by atoms with Crippen molar-refractivity contribution in [2.45, 2.75) is 46.2 Å². The van der Waals surface area contributed by atoms with Gasteiger partial charge in [0, 0.05) is 29.9 Å². The maximum atomic E-state index is 12.7. The molecule has 26 heavy (non-hydrogen) atoms. The Hall–Kier alpha value is -2.97. The van der Waals surface area contributed by atoms with Gasteiger partial charge in [0.25, 0.3) is 0 Å². The number of aromatic nitrogens is 4. The molecule has 1 aliphatic heterocycles. The van der Waals surface area contributed by atoms with Gasteiger partial charge in [-0.05, 0) is 19.9 Å². The smallest absolute Gasteiger partial charge is 0.303 e. The Bertz CT molecular complexity index is 837. The minimum atomic E-state index is -0.843. The molecule has 0 aliphatic carbocycles. The standard InChI is InChI=1S/C17H22N6O3/c1-10-14(11(2)20-17(18)19-10)8-15(24)22-5-6-23-13(9-22)7-12(21-23)3-4-16(25)26/h7H,3-6,8-9H2,1-2H3,(H,25,26)(H2,18,19,20). The van der Waals surface area contributed by atoms with Gasteiger partial charge in [0.05, 0.1) is 37.3 Å². The first-order valence-electron chi connectivity index (χ1n) is 8.48. The number of fused-ring (bicyclic) bond motifs is 1. The van der Waals surface area contributed by atoms with Gasteiger partial charge in [0.2, 0.25) is 11.9 Å². The number of hydrogen-bond acceptors (Lipinski definition) is 6. The van der Waals surface area contributed by atoms with E-state index in [-0.39, 0.29) is 24.7 Å². The molecule has 138 valence electrons. The number of anilines is 1. The third-order valence-corrected chi connectivity index (χ3v) is 4.56. The maximum absolute atomic E-state index is 12.7. The van der Waals surface area contributed by atoms with Gasteiger partial charge in [0.15, 0.2) is 0 Å². The van der Waals surface area contributed by atoms with Crippen LogP contribution in [0.3, 0.4) is 0 Å². The van der Waals surface area contributed by atoms with Crippen molar-refractivity contribution in [3.63, 3.8) is 0 Å². The third-order valence-electron chi connectivity index (χ3n) is 4.56. The lowest BCUT2D eigenvalue weighted by Crippen LogP contribution is -2.39. The molecule has 3 rings (SSSR count). The second kappa shape index (κ2) is 7.11. The number of nitrogens with zero attached hydrogens (tertiary/aromatic N) is 5. The summed E-state index contributed by atoms with van der Waals surface area (Å²) in [5.41, 5.74) is 9.56. The van der Waals surface area contributed by atoms with Gasteiger partial charge in [-0.1, -0.05) is 0 Å². The molecule has 9 heteroatoms. The normalized spacial score (nSPS) is 13.5. The predicted octanol–water partition coefficient (Wildman–Crippen LogP) is 0.474. The highest BCUT2D eigenvalue weighted by molar-refractivity contribution is 5.79. The number of amides is 1. The number of nitrogen functional groups attached to an aromatic ring is 1. The van der Waals surface area contributed by atoms with Gasteiger partial charge in [0.1, 0.15) is 0 Å². The third kappa shape index (κ3) is 3.81. The molecule has 0 saturated heterocycles. The number of nitrogens with two attached hydrogens (primary N) is 1. The minimum absolute atomic E-state index is 0.00380. The lowest BCUT2D eigenvalue weighted by Gasteiger charge is -2.28. The van der Waals surface area contributed by atoms with E-state index in [9.17, 15) is 9.59 Å². The summed E-state index contributed by atoms with van der Waals surface area (Å²) < 4.78 is 1.85. The van der Waals surface area contributed by atoms with E-state index < -0.39 is 5.97 Å². The Kier molecular flexibility index (Phi) is 4.88. The molecule has 0 bridgehead atoms. The Balaban J connectivity index is 1.68. The SMILES string of the molecule is Cc1nc(N)nc(C)c1CC(=O)N1CCn2nc(CCC(=O)O)cc2C1. The minimum Gasteiger partial charge on any atom is -0.481 e. The summed E-state index contributed by atoms with van der Waals surface area (Å²) in [5.74, 6) is -0.625. The van der Waals surface area contributed by atoms with E-state index in [0.29, 0.717) is 26.1 Å². The predicted molar refractivity (Wildman–Crippen MR) is 93.2 cm³/mol. The van der Waals surface area contributed by atoms with Gasteiger partial charge in [-0.2, -0.15) is 5.10 Å². The highest BCUT2D eigenvalue weighted by Gasteiger charge is 2.24. The molecule has 1 aliphatic rings. The van der Waals surface area contributed by atoms with Crippen molar-refractivity contribution < 1.29 is 14.7 Å². The number of carbonyl (C=O) groups excluding carboxylic acids is 1. The van der Waals surface area contributed by atoms with Crippen molar-refractivity contribution in [3.05, 3.63) is 34.4 Å². The molecule has 0 spiro atoms. The van der Waals surface area contributed by atoms with Gasteiger partial charge in [-0.15, -0.1) is 0 Å². The topological polar surface area (TPSA) is 127 Å². The van der Waals surface area contributed by atoms with Crippen molar-refractivity contribution >= 4 is 17.8 Å². The molecule has 0 unspecified atom stereocenters. The lowest BCUT2D eigenvalue weighted by atomic mass is 10.1. The van der Waals surface area contributed by atoms with Crippen LogP contribution in [0.1, 0.15) is 34.8 Å². The zero-order chi connectivity index (χ0) is 18.8. The van der Waals surface area contributed by atoms with Crippen LogP contribution in [-0.4, -0.2) is 48.2 Å². The highest BCUT2D eigenvalue weighted by atomic mass is 16.4. The quantitative estimate of drug-likeness (QED) is 0.795. The van der Waals surface area contributed by atoms with Crippen LogP contribution < -0.4 is 5.73 Å². The molecule has 0 radical (unpaired) electrons. The van der Waals surface area contributed by atoms with Crippen molar-refractivity contribution in [1.29, 1.82) is 0 Å². The molecular formula is C17H22N6O3. The summed E-state index contributed by atoms with van der Waals surface area (Å²) in [7, 11) is 0. The first-order chi connectivity index (χ1) is 12.3. The van der Waals surface area contributed by atoms with E-state index in [1.807, 2.05) is 24.6 Å². The van der Waals surface area contributed by atoms with Crippen molar-refractivity contribution in [2.75, 3.05) is 12.3 Å². The number of rotatable bonds is 5. The van der Waals surface area contributed by atoms with Crippen LogP contribution in [0, 0.1) is 13.8 Å². The molecule has 2 aromatic heterocycles. The monoisotopic (exact) mass is 358 g/mol. The molecule has 9 nitrogen and oxygen atoms in total. The Morgan fingerprint density at radius 3 is 2.58 bits per heavy atom. The fourth-order valence-corrected chi connectivity index (χ4v) is 3.18. The first kappa shape index (κ1) is 17.8. The van der Waals surface area contributed by atoms with Gasteiger partial charge in [-0.3, -0.25) is 14.3 Å². The number of carboxylic acids is 1. The van der Waals surface area contributed by atoms with Crippen molar-refractivity contribution in [3.8, 4) is 0 Å². The number of carbonyl (C=O) groups is 2. The number of aryl methyl sites for hydroxylation is 3. The molecule has 0 aromatic carbocycles. The van der Waals surface area contributed by atoms with Gasteiger partial charge in [-0.25, -0.2) is 9.97 Å². The van der Waals surface area contributed by atoms with E-state index in [1.165, 1.54) is 0 Å². The average Bonchev–Trinajstić information content (AvgIpc) is 2.98. The fourth-order valence-electron chi connectivity index (χ4n) is 3.18. The largest absolute Gasteiger partial charge is 0.481 e. The second-order valence-corrected chi connectivity index (χ2v) is 6.47. The molecule has 0 fully saturated rings. The van der Waals surface area contributed by atoms with Crippen LogP contribution in [-0.2, 0) is 35.5 Å². The van der Waals surface area contributed by atoms with Gasteiger partial charge >= 0.3 is 5.97 Å². The summed E-state index contributed by atoms with van der Waals surface area (Å²) in [4.78, 5) is 33.5. The van der Waals surface area contributed by atoms with E-state index >= 15 is 0 Å². The van der Waals surface area contributed by atoms with Crippen molar-refractivity contribution in [1.82, 2.24) is 24.6 Å². The number of hydrogen-bond donors (Lipinski definition) is 2. The average molecular weight is 358 g/mol. The van der Waals surface area contributed by atoms with Crippen LogP contribution in [0.5, 0.6) is 0 Å². The molecule has 1 amide bonds. The fraction of sp³-hybridized carbons (Fsp3) is 0.471. The summed E-state index contributed by atoms with van der Waals surface area (Å²) in [5, 5.41) is 13.2. The molecule has 0 atom stereocenters. The summed E-state index contributed by atoms with van der Waals surface area (Å²) in [6, 6.07) is 1.88. The number of aliphatic carboxylic acids is 1. The van der Waals surface area contributed by atoms with E-state index in [4.69, 9.17) is 10.8 Å². The maximum Gasteiger partial charge on any atom is 0.303 e. The zero-order valence-electron chi connectivity index (χ0n) is 14.9. The van der Waals surface area contributed by atoms with Gasteiger partial charge < -0.3 is 15.7 Å². The summed E-state index contributed by atoms with van der Waals surface area (Å²) >= 11 is 0. The van der Waals surface area contributed by atoms with E-state index in [1.54, 1.807) is 4.90 Å². The molecule has 2 aromatic rings. The summed E-state index contributed by atoms with van der Waals surface area (Å²) in [6.45, 7) is 5.29. The molecule has 3 heterocycles. The van der Waals surface area contributed by atoms with Crippen LogP contribution in [0.15, 0.2) is 6.07 Å². The molecule has 0 saturated carbocycles. The Morgan fingerprint density at radius 1 is 1.23 bits per heavy atom. The zero-order valence-corrected chi connectivity index (χ0v) is 14.9. The lowest BCUT2D eigenvalue weighted by molar-refractivity contribution is -0.137. The first-order valence-corrected chi connectivity index (χ1v) is 8.48. The Labute approximate surface area is 150 Å². The highest BCUT2D eigenvalue weighted by Crippen LogP contribution is 2.18. The van der Waals surface area contributed by atoms with E-state index in [0.717, 1.165) is 28.3 Å². The summed E-state index contributed by atoms with van der Waals surface area (Å²) in [6.07, 6.45) is 0.678. The van der Waals surface area contributed by atoms with Crippen LogP contribution >= 0.6 is 0 Å². The number of carboxylic acid groups (broad SMARTS) is 1. The molecular weight excluding hydrogens is 336 g/mol. The van der Waals surface area contributed by atoms with E-state index in [2.05, 4.69) is 15.1 Å². The Morgan fingerprint density at radius 2 is 1.92 bits per heavy atom.